The topological polar surface area (TPSA) is 186 Å². The highest BCUT2D eigenvalue weighted by Crippen LogP contribution is 2.24. The second-order valence-corrected chi connectivity index (χ2v) is 16.6. The normalized spacial score (nSPS) is 20.4. The fourth-order valence-electron chi connectivity index (χ4n) is 6.35. The van der Waals surface area contributed by atoms with Gasteiger partial charge in [-0.15, -0.1) is 5.73 Å². The lowest BCUT2D eigenvalue weighted by Gasteiger charge is -2.40. The van der Waals surface area contributed by atoms with Gasteiger partial charge in [0.05, 0.1) is 6.61 Å². The Morgan fingerprint density at radius 1 is 0.643 bits per heavy atom. The van der Waals surface area contributed by atoms with Crippen LogP contribution in [0, 0.1) is 0 Å². The largest absolute Gasteiger partial charge is 0.462 e. The molecule has 13 heteroatoms. The Morgan fingerprint density at radius 3 is 1.68 bits per heavy atom. The van der Waals surface area contributed by atoms with E-state index in [4.69, 9.17) is 18.9 Å². The van der Waals surface area contributed by atoms with E-state index >= 15 is 0 Å². The Kier molecular flexibility index (Phi) is 31.4. The van der Waals surface area contributed by atoms with E-state index in [2.05, 4.69) is 43.9 Å². The minimum absolute atomic E-state index is 0.140. The number of carbonyl (C=O) groups is 2. The third-order valence-corrected chi connectivity index (χ3v) is 10.5. The molecule has 56 heavy (non-hydrogen) atoms. The summed E-state index contributed by atoms with van der Waals surface area (Å²) in [5.74, 6) is -2.03. The van der Waals surface area contributed by atoms with Gasteiger partial charge in [0.1, 0.15) is 36.8 Å². The van der Waals surface area contributed by atoms with Gasteiger partial charge in [-0.2, -0.15) is 8.42 Å². The second-order valence-electron chi connectivity index (χ2n) is 15.1. The molecule has 1 rings (SSSR count). The quantitative estimate of drug-likeness (QED) is 0.0158. The molecule has 0 bridgehead atoms. The van der Waals surface area contributed by atoms with Gasteiger partial charge in [-0.25, -0.2) is 0 Å². The van der Waals surface area contributed by atoms with Crippen LogP contribution in [0.25, 0.3) is 0 Å². The van der Waals surface area contributed by atoms with Crippen LogP contribution in [0.2, 0.25) is 0 Å². The summed E-state index contributed by atoms with van der Waals surface area (Å²) in [6, 6.07) is 0. The van der Waals surface area contributed by atoms with Crippen molar-refractivity contribution in [2.45, 2.75) is 211 Å². The van der Waals surface area contributed by atoms with Crippen molar-refractivity contribution >= 4 is 22.1 Å². The standard InChI is InChI=1S/C43H76O12S/c1-3-5-7-9-11-13-15-17-18-20-21-23-25-27-29-31-38(44)52-33-36(34-53-43-42(48)41(47)40(46)37(55-43)35-56(49,50)51)54-39(45)32-30-28-26-24-22-19-16-14-12-10-8-6-4-2/h15,18-19,22,36-37,40-43,46-48H,3-14,16,20-21,23-35H2,1-2H3,(H,49,50,51)/b22-19+/t17?,36-,37-,40-,41?,42?,43+/m1/s1. The average Bonchev–Trinajstić information content (AvgIpc) is 3.16. The first-order valence-corrected chi connectivity index (χ1v) is 23.2. The molecule has 1 aliphatic rings. The summed E-state index contributed by atoms with van der Waals surface area (Å²) in [4.78, 5) is 25.3. The molecule has 1 aliphatic heterocycles. The van der Waals surface area contributed by atoms with Crippen LogP contribution < -0.4 is 0 Å². The number of hydrogen-bond acceptors (Lipinski definition) is 11. The molecule has 4 N–H and O–H groups in total. The van der Waals surface area contributed by atoms with Gasteiger partial charge in [0.25, 0.3) is 10.1 Å². The van der Waals surface area contributed by atoms with E-state index in [9.17, 15) is 37.9 Å². The summed E-state index contributed by atoms with van der Waals surface area (Å²) in [6.45, 7) is 3.69. The first-order chi connectivity index (χ1) is 27.0. The van der Waals surface area contributed by atoms with Crippen molar-refractivity contribution in [1.82, 2.24) is 0 Å². The lowest BCUT2D eigenvalue weighted by atomic mass is 10.00. The van der Waals surface area contributed by atoms with Gasteiger partial charge in [0, 0.05) is 12.8 Å². The monoisotopic (exact) mass is 817 g/mol. The first-order valence-electron chi connectivity index (χ1n) is 21.6. The number of aliphatic hydroxyl groups excluding tert-OH is 3. The lowest BCUT2D eigenvalue weighted by molar-refractivity contribution is -0.297. The number of unbranched alkanes of at least 4 members (excludes halogenated alkanes) is 19. The predicted molar refractivity (Wildman–Crippen MR) is 218 cm³/mol. The summed E-state index contributed by atoms with van der Waals surface area (Å²) in [6.07, 6.45) is 24.4. The molecule has 1 heterocycles. The van der Waals surface area contributed by atoms with E-state index in [0.717, 1.165) is 64.2 Å². The fraction of sp³-hybridized carbons (Fsp3) is 0.837. The lowest BCUT2D eigenvalue weighted by Crippen LogP contribution is -2.60. The van der Waals surface area contributed by atoms with Crippen LogP contribution in [0.4, 0.5) is 0 Å². The van der Waals surface area contributed by atoms with Crippen molar-refractivity contribution in [1.29, 1.82) is 0 Å². The molecular weight excluding hydrogens is 741 g/mol. The molecule has 0 radical (unpaired) electrons. The first kappa shape index (κ1) is 51.9. The van der Waals surface area contributed by atoms with Crippen LogP contribution in [-0.4, -0.2) is 96.0 Å². The number of carbonyl (C=O) groups excluding carboxylic acids is 2. The van der Waals surface area contributed by atoms with Crippen molar-refractivity contribution in [3.63, 3.8) is 0 Å². The summed E-state index contributed by atoms with van der Waals surface area (Å²) in [5.41, 5.74) is 3.28. The zero-order valence-corrected chi connectivity index (χ0v) is 35.4. The third-order valence-electron chi connectivity index (χ3n) is 9.78. The molecule has 0 amide bonds. The van der Waals surface area contributed by atoms with E-state index in [1.54, 1.807) is 0 Å². The SMILES string of the molecule is CCCCCCCC=C=CCCCCCCCC(=O)OC[C@H](CO[C@H]1O[C@H](CS(=O)(=O)O)[C@@H](O)C(O)C1O)OC(=O)CCCCC/C=C/CCCCCCCC. The molecule has 0 spiro atoms. The van der Waals surface area contributed by atoms with Gasteiger partial charge in [-0.1, -0.05) is 109 Å². The third kappa shape index (κ3) is 28.3. The minimum Gasteiger partial charge on any atom is -0.462 e. The van der Waals surface area contributed by atoms with Gasteiger partial charge < -0.3 is 34.3 Å². The Bertz CT molecular complexity index is 1200. The van der Waals surface area contributed by atoms with Crippen molar-refractivity contribution in [3.05, 3.63) is 30.0 Å². The average molecular weight is 817 g/mol. The molecule has 1 saturated heterocycles. The van der Waals surface area contributed by atoms with Crippen LogP contribution in [0.15, 0.2) is 30.0 Å². The number of esters is 2. The van der Waals surface area contributed by atoms with Gasteiger partial charge in [0.15, 0.2) is 12.4 Å². The van der Waals surface area contributed by atoms with E-state index in [-0.39, 0.29) is 19.4 Å². The predicted octanol–water partition coefficient (Wildman–Crippen LogP) is 8.21. The van der Waals surface area contributed by atoms with E-state index in [1.807, 2.05) is 0 Å². The zero-order chi connectivity index (χ0) is 41.3. The second kappa shape index (κ2) is 33.8. The Hall–Kier alpha value is -2.09. The Balaban J connectivity index is 2.50. The number of allylic oxidation sites excluding steroid dienone is 3. The summed E-state index contributed by atoms with van der Waals surface area (Å²) in [7, 11) is -4.60. The molecule has 0 aromatic heterocycles. The number of aliphatic hydroxyl groups is 3. The Labute approximate surface area is 338 Å². The van der Waals surface area contributed by atoms with Gasteiger partial charge in [0.2, 0.25) is 0 Å². The van der Waals surface area contributed by atoms with Gasteiger partial charge >= 0.3 is 11.9 Å². The highest BCUT2D eigenvalue weighted by Gasteiger charge is 2.46. The summed E-state index contributed by atoms with van der Waals surface area (Å²) in [5, 5.41) is 30.8. The van der Waals surface area contributed by atoms with E-state index < -0.39 is 71.2 Å². The summed E-state index contributed by atoms with van der Waals surface area (Å²) < 4.78 is 53.9. The van der Waals surface area contributed by atoms with Crippen molar-refractivity contribution in [3.8, 4) is 0 Å². The van der Waals surface area contributed by atoms with E-state index in [1.165, 1.54) is 70.6 Å². The number of ether oxygens (including phenoxy) is 4. The molecule has 0 saturated carbocycles. The van der Waals surface area contributed by atoms with Crippen LogP contribution >= 0.6 is 0 Å². The Morgan fingerprint density at radius 2 is 1.12 bits per heavy atom. The highest BCUT2D eigenvalue weighted by molar-refractivity contribution is 7.85. The zero-order valence-electron chi connectivity index (χ0n) is 34.5. The van der Waals surface area contributed by atoms with Crippen molar-refractivity contribution in [2.24, 2.45) is 0 Å². The molecule has 2 unspecified atom stereocenters. The van der Waals surface area contributed by atoms with Crippen LogP contribution in [-0.2, 0) is 38.7 Å². The van der Waals surface area contributed by atoms with Crippen LogP contribution in [0.5, 0.6) is 0 Å². The minimum atomic E-state index is -4.60. The highest BCUT2D eigenvalue weighted by atomic mass is 32.2. The van der Waals surface area contributed by atoms with Crippen molar-refractivity contribution < 1.29 is 56.8 Å². The van der Waals surface area contributed by atoms with Crippen LogP contribution in [0.3, 0.4) is 0 Å². The molecule has 1 fully saturated rings. The fourth-order valence-corrected chi connectivity index (χ4v) is 7.04. The van der Waals surface area contributed by atoms with Gasteiger partial charge in [-0.05, 0) is 76.4 Å². The molecule has 6 atom stereocenters. The molecule has 0 aliphatic carbocycles. The smallest absolute Gasteiger partial charge is 0.306 e. The van der Waals surface area contributed by atoms with Crippen LogP contribution in [0.1, 0.15) is 174 Å². The maximum atomic E-state index is 12.8. The van der Waals surface area contributed by atoms with Gasteiger partial charge in [-0.3, -0.25) is 14.1 Å². The molecule has 326 valence electrons. The number of hydrogen-bond donors (Lipinski definition) is 4. The maximum Gasteiger partial charge on any atom is 0.306 e. The summed E-state index contributed by atoms with van der Waals surface area (Å²) >= 11 is 0. The maximum absolute atomic E-state index is 12.8. The van der Waals surface area contributed by atoms with E-state index in [0.29, 0.717) is 12.8 Å². The molecule has 0 aromatic carbocycles. The van der Waals surface area contributed by atoms with Crippen molar-refractivity contribution in [2.75, 3.05) is 19.0 Å². The number of rotatable bonds is 35. The molecule has 0 aromatic rings. The molecule has 12 nitrogen and oxygen atoms in total. The molecular formula is C43H76O12S.